The molecule has 8 heteroatoms. The van der Waals surface area contributed by atoms with E-state index in [1.54, 1.807) is 42.5 Å². The summed E-state index contributed by atoms with van der Waals surface area (Å²) in [5.74, 6) is -0.330. The Hall–Kier alpha value is -3.68. The highest BCUT2D eigenvalue weighted by molar-refractivity contribution is 7.89. The first-order valence-electron chi connectivity index (χ1n) is 9.94. The average molecular weight is 479 g/mol. The minimum absolute atomic E-state index is 0.0950. The fraction of sp³-hybridized carbons (Fsp3) is 0.0400. The molecule has 166 valence electrons. The number of ether oxygens (including phenoxy) is 1. The van der Waals surface area contributed by atoms with E-state index in [9.17, 15) is 13.2 Å². The third kappa shape index (κ3) is 5.22. The van der Waals surface area contributed by atoms with Crippen molar-refractivity contribution in [2.24, 2.45) is 5.10 Å². The van der Waals surface area contributed by atoms with Gasteiger partial charge in [-0.05, 0) is 60.2 Å². The first kappa shape index (κ1) is 22.5. The van der Waals surface area contributed by atoms with Crippen molar-refractivity contribution in [3.8, 4) is 5.75 Å². The minimum atomic E-state index is -3.85. The lowest BCUT2D eigenvalue weighted by atomic mass is 10.0. The zero-order valence-electron chi connectivity index (χ0n) is 17.5. The van der Waals surface area contributed by atoms with Crippen LogP contribution in [0.4, 0.5) is 0 Å². The van der Waals surface area contributed by atoms with Crippen molar-refractivity contribution in [3.63, 3.8) is 0 Å². The lowest BCUT2D eigenvalue weighted by Gasteiger charge is -2.11. The third-order valence-electron chi connectivity index (χ3n) is 4.91. The van der Waals surface area contributed by atoms with Gasteiger partial charge in [-0.15, -0.1) is 0 Å². The van der Waals surface area contributed by atoms with Crippen molar-refractivity contribution in [3.05, 3.63) is 107 Å². The van der Waals surface area contributed by atoms with Gasteiger partial charge in [-0.3, -0.25) is 0 Å². The van der Waals surface area contributed by atoms with E-state index in [4.69, 9.17) is 16.3 Å². The summed E-state index contributed by atoms with van der Waals surface area (Å²) < 4.78 is 30.7. The van der Waals surface area contributed by atoms with Gasteiger partial charge < -0.3 is 4.74 Å². The molecular weight excluding hydrogens is 460 g/mol. The van der Waals surface area contributed by atoms with Crippen molar-refractivity contribution in [1.82, 2.24) is 4.83 Å². The molecule has 0 saturated heterocycles. The van der Waals surface area contributed by atoms with Gasteiger partial charge in [-0.25, -0.2) is 9.63 Å². The number of rotatable bonds is 6. The number of hydrogen-bond acceptors (Lipinski definition) is 5. The molecule has 0 unspecified atom stereocenters. The summed E-state index contributed by atoms with van der Waals surface area (Å²) in [5.41, 5.74) is 1.73. The van der Waals surface area contributed by atoms with E-state index in [1.165, 1.54) is 18.3 Å². The zero-order valence-corrected chi connectivity index (χ0v) is 19.1. The minimum Gasteiger partial charge on any atom is -0.422 e. The van der Waals surface area contributed by atoms with Gasteiger partial charge in [0.25, 0.3) is 10.0 Å². The molecule has 0 fully saturated rings. The van der Waals surface area contributed by atoms with Gasteiger partial charge in [0.05, 0.1) is 16.7 Å². The second kappa shape index (κ2) is 9.44. The highest BCUT2D eigenvalue weighted by atomic mass is 35.5. The highest BCUT2D eigenvalue weighted by Crippen LogP contribution is 2.27. The SMILES string of the molecule is Cc1ccc(S(=O)(=O)N/N=C/c2c(OC(=O)c3ccc(Cl)cc3)ccc3ccccc23)cc1. The Kier molecular flexibility index (Phi) is 6.44. The van der Waals surface area contributed by atoms with Crippen LogP contribution >= 0.6 is 11.6 Å². The van der Waals surface area contributed by atoms with E-state index in [-0.39, 0.29) is 10.6 Å². The number of hydrogen-bond donors (Lipinski definition) is 1. The molecule has 0 bridgehead atoms. The van der Waals surface area contributed by atoms with Crippen molar-refractivity contribution in [2.45, 2.75) is 11.8 Å². The molecule has 0 aromatic heterocycles. The second-order valence-corrected chi connectivity index (χ2v) is 9.36. The summed E-state index contributed by atoms with van der Waals surface area (Å²) in [7, 11) is -3.85. The predicted octanol–water partition coefficient (Wildman–Crippen LogP) is 5.33. The average Bonchev–Trinajstić information content (AvgIpc) is 2.81. The van der Waals surface area contributed by atoms with Crippen LogP contribution in [0.2, 0.25) is 5.02 Å². The van der Waals surface area contributed by atoms with E-state index < -0.39 is 16.0 Å². The maximum Gasteiger partial charge on any atom is 0.343 e. The lowest BCUT2D eigenvalue weighted by molar-refractivity contribution is 0.0734. The molecule has 4 aromatic carbocycles. The molecule has 0 atom stereocenters. The molecule has 0 aliphatic rings. The molecule has 6 nitrogen and oxygen atoms in total. The van der Waals surface area contributed by atoms with E-state index in [2.05, 4.69) is 9.93 Å². The molecule has 0 aliphatic heterocycles. The Morgan fingerprint density at radius 3 is 2.36 bits per heavy atom. The van der Waals surface area contributed by atoms with E-state index in [0.717, 1.165) is 16.3 Å². The summed E-state index contributed by atoms with van der Waals surface area (Å²) in [4.78, 5) is 14.9. The Labute approximate surface area is 196 Å². The highest BCUT2D eigenvalue weighted by Gasteiger charge is 2.15. The van der Waals surface area contributed by atoms with Crippen LogP contribution in [0.15, 0.2) is 94.9 Å². The van der Waals surface area contributed by atoms with Crippen molar-refractivity contribution >= 4 is 44.6 Å². The standard InChI is InChI=1S/C25H19ClN2O4S/c1-17-6-13-21(14-7-17)33(30,31)28-27-16-23-22-5-3-2-4-18(22)10-15-24(23)32-25(29)19-8-11-20(26)12-9-19/h2-16,28H,1H3/b27-16+. The number of carbonyl (C=O) groups excluding carboxylic acids is 1. The fourth-order valence-corrected chi connectivity index (χ4v) is 4.09. The number of nitrogens with zero attached hydrogens (tertiary/aromatic N) is 1. The third-order valence-corrected chi connectivity index (χ3v) is 6.40. The molecule has 0 aliphatic carbocycles. The maximum absolute atomic E-state index is 12.6. The van der Waals surface area contributed by atoms with Crippen LogP contribution < -0.4 is 9.57 Å². The smallest absolute Gasteiger partial charge is 0.343 e. The topological polar surface area (TPSA) is 84.8 Å². The van der Waals surface area contributed by atoms with Crippen LogP contribution in [-0.4, -0.2) is 20.6 Å². The Morgan fingerprint density at radius 2 is 1.64 bits per heavy atom. The monoisotopic (exact) mass is 478 g/mol. The number of esters is 1. The number of benzene rings is 4. The van der Waals surface area contributed by atoms with Gasteiger partial charge in [0, 0.05) is 10.6 Å². The molecule has 0 saturated carbocycles. The molecule has 4 rings (SSSR count). The summed E-state index contributed by atoms with van der Waals surface area (Å²) in [5, 5.41) is 6.08. The Balaban J connectivity index is 1.65. The number of carbonyl (C=O) groups is 1. The number of sulfonamides is 1. The van der Waals surface area contributed by atoms with Gasteiger partial charge in [0.2, 0.25) is 0 Å². The maximum atomic E-state index is 12.6. The number of halogens is 1. The molecule has 0 heterocycles. The largest absolute Gasteiger partial charge is 0.422 e. The van der Waals surface area contributed by atoms with Crippen LogP contribution in [-0.2, 0) is 10.0 Å². The molecule has 1 N–H and O–H groups in total. The predicted molar refractivity (Wildman–Crippen MR) is 129 cm³/mol. The number of fused-ring (bicyclic) bond motifs is 1. The fourth-order valence-electron chi connectivity index (χ4n) is 3.17. The first-order chi connectivity index (χ1) is 15.8. The molecular formula is C25H19ClN2O4S. The summed E-state index contributed by atoms with van der Waals surface area (Å²) in [6.07, 6.45) is 1.33. The second-order valence-electron chi connectivity index (χ2n) is 7.26. The van der Waals surface area contributed by atoms with Crippen LogP contribution in [0.3, 0.4) is 0 Å². The number of aryl methyl sites for hydroxylation is 1. The summed E-state index contributed by atoms with van der Waals surface area (Å²) in [6, 6.07) is 23.7. The van der Waals surface area contributed by atoms with Crippen molar-refractivity contribution in [1.29, 1.82) is 0 Å². The Bertz CT molecular complexity index is 1450. The van der Waals surface area contributed by atoms with Crippen LogP contribution in [0.1, 0.15) is 21.5 Å². The van der Waals surface area contributed by atoms with E-state index in [0.29, 0.717) is 16.1 Å². The summed E-state index contributed by atoms with van der Waals surface area (Å²) in [6.45, 7) is 1.87. The van der Waals surface area contributed by atoms with Crippen LogP contribution in [0, 0.1) is 6.92 Å². The van der Waals surface area contributed by atoms with E-state index in [1.807, 2.05) is 37.3 Å². The molecule has 33 heavy (non-hydrogen) atoms. The number of nitrogens with one attached hydrogen (secondary N) is 1. The lowest BCUT2D eigenvalue weighted by Crippen LogP contribution is -2.18. The normalized spacial score (nSPS) is 11.6. The van der Waals surface area contributed by atoms with Gasteiger partial charge in [-0.2, -0.15) is 13.5 Å². The quantitative estimate of drug-likeness (QED) is 0.175. The van der Waals surface area contributed by atoms with Gasteiger partial charge in [0.15, 0.2) is 0 Å². The van der Waals surface area contributed by atoms with Crippen molar-refractivity contribution < 1.29 is 17.9 Å². The first-order valence-corrected chi connectivity index (χ1v) is 11.8. The molecule has 4 aromatic rings. The number of hydrazone groups is 1. The zero-order chi connectivity index (χ0) is 23.4. The molecule has 0 spiro atoms. The Morgan fingerprint density at radius 1 is 0.939 bits per heavy atom. The summed E-state index contributed by atoms with van der Waals surface area (Å²) >= 11 is 5.89. The van der Waals surface area contributed by atoms with Crippen LogP contribution in [0.5, 0.6) is 5.75 Å². The van der Waals surface area contributed by atoms with Gasteiger partial charge in [-0.1, -0.05) is 59.6 Å². The molecule has 0 radical (unpaired) electrons. The van der Waals surface area contributed by atoms with Crippen LogP contribution in [0.25, 0.3) is 10.8 Å². The van der Waals surface area contributed by atoms with Gasteiger partial charge >= 0.3 is 5.97 Å². The molecule has 0 amide bonds. The van der Waals surface area contributed by atoms with E-state index >= 15 is 0 Å². The van der Waals surface area contributed by atoms with Crippen molar-refractivity contribution in [2.75, 3.05) is 0 Å². The van der Waals surface area contributed by atoms with Gasteiger partial charge in [0.1, 0.15) is 5.75 Å².